The molecular formula is C11H10N2O2. The van der Waals surface area contributed by atoms with Crippen molar-refractivity contribution >= 4 is 22.6 Å². The summed E-state index contributed by atoms with van der Waals surface area (Å²) >= 11 is 0. The fraction of sp³-hybridized carbons (Fsp3) is 0. The number of amides is 1. The number of hydrogen-bond donors (Lipinski definition) is 2. The van der Waals surface area contributed by atoms with Gasteiger partial charge in [0.25, 0.3) is 0 Å². The largest absolute Gasteiger partial charge is 0.464 e. The molecule has 4 heteroatoms. The molecule has 0 aliphatic carbocycles. The van der Waals surface area contributed by atoms with Crippen LogP contribution in [-0.4, -0.2) is 11.2 Å². The molecule has 0 bridgehead atoms. The lowest BCUT2D eigenvalue weighted by Gasteiger charge is -2.12. The number of nitrogens with zero attached hydrogens (tertiary/aromatic N) is 1. The van der Waals surface area contributed by atoms with Gasteiger partial charge >= 0.3 is 6.09 Å². The normalized spacial score (nSPS) is 10.2. The molecule has 3 N–H and O–H groups in total. The molecule has 15 heavy (non-hydrogen) atoms. The van der Waals surface area contributed by atoms with E-state index in [1.807, 2.05) is 30.3 Å². The molecule has 0 spiro atoms. The van der Waals surface area contributed by atoms with Crippen LogP contribution >= 0.6 is 0 Å². The molecule has 0 unspecified atom stereocenters. The molecule has 0 aliphatic rings. The van der Waals surface area contributed by atoms with E-state index in [0.717, 1.165) is 10.8 Å². The third-order valence-electron chi connectivity index (χ3n) is 2.22. The summed E-state index contributed by atoms with van der Waals surface area (Å²) in [5, 5.41) is 11.4. The molecule has 0 radical (unpaired) electrons. The number of rotatable bonds is 1. The van der Waals surface area contributed by atoms with Crippen LogP contribution in [0.1, 0.15) is 0 Å². The standard InChI is InChI=1S/C11H10N2O2/c12-13(11(14)15)10-6-5-8-3-1-2-4-9(8)7-10/h1-7H,12H2,(H,14,15). The zero-order chi connectivity index (χ0) is 10.8. The first-order valence-electron chi connectivity index (χ1n) is 4.45. The molecule has 2 aromatic rings. The quantitative estimate of drug-likeness (QED) is 0.423. The Balaban J connectivity index is 2.51. The number of hydrogen-bond acceptors (Lipinski definition) is 2. The molecular weight excluding hydrogens is 192 g/mol. The molecule has 0 aliphatic heterocycles. The Morgan fingerprint density at radius 3 is 2.47 bits per heavy atom. The van der Waals surface area contributed by atoms with E-state index in [4.69, 9.17) is 10.9 Å². The summed E-state index contributed by atoms with van der Waals surface area (Å²) in [6.07, 6.45) is -1.18. The van der Waals surface area contributed by atoms with E-state index < -0.39 is 6.09 Å². The second kappa shape index (κ2) is 3.59. The maximum atomic E-state index is 10.6. The molecule has 0 heterocycles. The highest BCUT2D eigenvalue weighted by molar-refractivity contribution is 5.91. The minimum absolute atomic E-state index is 0.459. The number of benzene rings is 2. The Kier molecular flexibility index (Phi) is 2.27. The molecule has 0 atom stereocenters. The Morgan fingerprint density at radius 2 is 1.80 bits per heavy atom. The number of anilines is 1. The van der Waals surface area contributed by atoms with Gasteiger partial charge in [0.1, 0.15) is 0 Å². The highest BCUT2D eigenvalue weighted by Gasteiger charge is 2.08. The zero-order valence-electron chi connectivity index (χ0n) is 7.92. The van der Waals surface area contributed by atoms with Crippen LogP contribution in [0.5, 0.6) is 0 Å². The number of fused-ring (bicyclic) bond motifs is 1. The fourth-order valence-corrected chi connectivity index (χ4v) is 1.44. The zero-order valence-corrected chi connectivity index (χ0v) is 7.92. The van der Waals surface area contributed by atoms with Crippen molar-refractivity contribution in [1.29, 1.82) is 0 Å². The third-order valence-corrected chi connectivity index (χ3v) is 2.22. The number of carbonyl (C=O) groups is 1. The predicted octanol–water partition coefficient (Wildman–Crippen LogP) is 2.20. The van der Waals surface area contributed by atoms with E-state index in [2.05, 4.69) is 0 Å². The molecule has 0 aromatic heterocycles. The van der Waals surface area contributed by atoms with Gasteiger partial charge in [-0.05, 0) is 22.9 Å². The second-order valence-electron chi connectivity index (χ2n) is 3.18. The summed E-state index contributed by atoms with van der Waals surface area (Å²) in [4.78, 5) is 10.6. The molecule has 0 saturated carbocycles. The minimum Gasteiger partial charge on any atom is -0.464 e. The predicted molar refractivity (Wildman–Crippen MR) is 58.6 cm³/mol. The smallest absolute Gasteiger partial charge is 0.426 e. The fourth-order valence-electron chi connectivity index (χ4n) is 1.44. The minimum atomic E-state index is -1.18. The maximum Gasteiger partial charge on any atom is 0.426 e. The first-order valence-corrected chi connectivity index (χ1v) is 4.45. The van der Waals surface area contributed by atoms with Gasteiger partial charge < -0.3 is 5.11 Å². The number of nitrogens with two attached hydrogens (primary N) is 1. The van der Waals surface area contributed by atoms with Gasteiger partial charge in [-0.2, -0.15) is 0 Å². The summed E-state index contributed by atoms with van der Waals surface area (Å²) < 4.78 is 0. The lowest BCUT2D eigenvalue weighted by Crippen LogP contribution is -2.35. The Hall–Kier alpha value is -2.07. The van der Waals surface area contributed by atoms with Crippen LogP contribution in [0, 0.1) is 0 Å². The van der Waals surface area contributed by atoms with E-state index >= 15 is 0 Å². The summed E-state index contributed by atoms with van der Waals surface area (Å²) in [5.41, 5.74) is 0.459. The summed E-state index contributed by atoms with van der Waals surface area (Å²) in [6, 6.07) is 13.0. The molecule has 2 aromatic carbocycles. The molecule has 76 valence electrons. The summed E-state index contributed by atoms with van der Waals surface area (Å²) in [5.74, 6) is 5.36. The van der Waals surface area contributed by atoms with E-state index in [1.165, 1.54) is 0 Å². The van der Waals surface area contributed by atoms with Gasteiger partial charge in [-0.15, -0.1) is 0 Å². The van der Waals surface area contributed by atoms with Crippen LogP contribution < -0.4 is 10.9 Å². The Morgan fingerprint density at radius 1 is 1.13 bits per heavy atom. The van der Waals surface area contributed by atoms with Gasteiger partial charge in [0.05, 0.1) is 5.69 Å². The van der Waals surface area contributed by atoms with Crippen molar-refractivity contribution in [2.24, 2.45) is 5.84 Å². The highest BCUT2D eigenvalue weighted by atomic mass is 16.4. The van der Waals surface area contributed by atoms with Gasteiger partial charge in [0.2, 0.25) is 0 Å². The average molecular weight is 202 g/mol. The van der Waals surface area contributed by atoms with Crippen LogP contribution in [0.25, 0.3) is 10.8 Å². The van der Waals surface area contributed by atoms with Gasteiger partial charge in [-0.25, -0.2) is 15.6 Å². The van der Waals surface area contributed by atoms with Crippen molar-refractivity contribution in [2.75, 3.05) is 5.01 Å². The Bertz CT molecular complexity index is 511. The van der Waals surface area contributed by atoms with Gasteiger partial charge in [0, 0.05) is 0 Å². The summed E-state index contributed by atoms with van der Waals surface area (Å²) in [7, 11) is 0. The number of carboxylic acid groups (broad SMARTS) is 1. The van der Waals surface area contributed by atoms with Crippen molar-refractivity contribution in [3.05, 3.63) is 42.5 Å². The van der Waals surface area contributed by atoms with E-state index in [9.17, 15) is 4.79 Å². The second-order valence-corrected chi connectivity index (χ2v) is 3.18. The highest BCUT2D eigenvalue weighted by Crippen LogP contribution is 2.20. The number of hydrazine groups is 1. The van der Waals surface area contributed by atoms with Crippen molar-refractivity contribution in [3.8, 4) is 0 Å². The summed E-state index contributed by atoms with van der Waals surface area (Å²) in [6.45, 7) is 0. The average Bonchev–Trinajstić information content (AvgIpc) is 2.27. The first-order chi connectivity index (χ1) is 7.18. The topological polar surface area (TPSA) is 66.6 Å². The lowest BCUT2D eigenvalue weighted by atomic mass is 10.1. The van der Waals surface area contributed by atoms with Gasteiger partial charge in [-0.1, -0.05) is 30.3 Å². The first kappa shape index (κ1) is 9.48. The van der Waals surface area contributed by atoms with Crippen LogP contribution in [0.4, 0.5) is 10.5 Å². The van der Waals surface area contributed by atoms with E-state index in [-0.39, 0.29) is 0 Å². The molecule has 1 amide bonds. The van der Waals surface area contributed by atoms with Crippen LogP contribution in [0.2, 0.25) is 0 Å². The third kappa shape index (κ3) is 1.75. The van der Waals surface area contributed by atoms with E-state index in [1.54, 1.807) is 12.1 Å². The monoisotopic (exact) mass is 202 g/mol. The van der Waals surface area contributed by atoms with Crippen molar-refractivity contribution in [2.45, 2.75) is 0 Å². The molecule has 0 fully saturated rings. The van der Waals surface area contributed by atoms with Crippen LogP contribution in [0.15, 0.2) is 42.5 Å². The SMILES string of the molecule is NN(C(=O)O)c1ccc2ccccc2c1. The van der Waals surface area contributed by atoms with Gasteiger partial charge in [-0.3, -0.25) is 0 Å². The molecule has 0 saturated heterocycles. The molecule has 2 rings (SSSR count). The van der Waals surface area contributed by atoms with E-state index in [0.29, 0.717) is 10.7 Å². The van der Waals surface area contributed by atoms with Gasteiger partial charge in [0.15, 0.2) is 0 Å². The van der Waals surface area contributed by atoms with Crippen LogP contribution in [0.3, 0.4) is 0 Å². The van der Waals surface area contributed by atoms with Crippen LogP contribution in [-0.2, 0) is 0 Å². The maximum absolute atomic E-state index is 10.6. The molecule has 4 nitrogen and oxygen atoms in total. The van der Waals surface area contributed by atoms with Crippen molar-refractivity contribution in [3.63, 3.8) is 0 Å². The lowest BCUT2D eigenvalue weighted by molar-refractivity contribution is 0.202. The van der Waals surface area contributed by atoms with Crippen molar-refractivity contribution in [1.82, 2.24) is 0 Å². The Labute approximate surface area is 86.5 Å². The van der Waals surface area contributed by atoms with Crippen molar-refractivity contribution < 1.29 is 9.90 Å².